The van der Waals surface area contributed by atoms with Crippen LogP contribution in [0.4, 0.5) is 5.69 Å². The number of hydrogen-bond donors (Lipinski definition) is 1. The molecule has 1 aromatic rings. The summed E-state index contributed by atoms with van der Waals surface area (Å²) < 4.78 is 1.32. The normalized spacial score (nSPS) is 14.9. The first-order chi connectivity index (χ1) is 9.50. The van der Waals surface area contributed by atoms with Crippen molar-refractivity contribution in [2.45, 2.75) is 32.7 Å². The lowest BCUT2D eigenvalue weighted by atomic mass is 10.4. The molecular weight excluding hydrogens is 280 g/mol. The molecule has 1 fully saturated rings. The van der Waals surface area contributed by atoms with Crippen LogP contribution >= 0.6 is 11.6 Å². The molecule has 1 N–H and O–H groups in total. The number of carbonyl (C=O) groups is 1. The van der Waals surface area contributed by atoms with Gasteiger partial charge in [-0.25, -0.2) is 4.68 Å². The van der Waals surface area contributed by atoms with Crippen LogP contribution in [-0.2, 0) is 4.79 Å². The third-order valence-corrected chi connectivity index (χ3v) is 3.69. The van der Waals surface area contributed by atoms with Crippen molar-refractivity contribution in [3.05, 3.63) is 21.6 Å². The Morgan fingerprint density at radius 3 is 2.70 bits per heavy atom. The molecule has 1 aliphatic heterocycles. The van der Waals surface area contributed by atoms with Crippen LogP contribution in [0.15, 0.2) is 11.0 Å². The van der Waals surface area contributed by atoms with E-state index < -0.39 is 0 Å². The van der Waals surface area contributed by atoms with Crippen molar-refractivity contribution in [3.63, 3.8) is 0 Å². The van der Waals surface area contributed by atoms with Gasteiger partial charge in [0.2, 0.25) is 5.91 Å². The van der Waals surface area contributed by atoms with Crippen molar-refractivity contribution >= 4 is 23.2 Å². The van der Waals surface area contributed by atoms with Crippen LogP contribution in [0.2, 0.25) is 5.02 Å². The summed E-state index contributed by atoms with van der Waals surface area (Å²) in [4.78, 5) is 25.7. The highest BCUT2D eigenvalue weighted by atomic mass is 35.5. The molecule has 0 aromatic carbocycles. The largest absolute Gasteiger partial charge is 0.373 e. The quantitative estimate of drug-likeness (QED) is 0.915. The van der Waals surface area contributed by atoms with Crippen molar-refractivity contribution < 1.29 is 4.79 Å². The predicted octanol–water partition coefficient (Wildman–Crippen LogP) is 1.51. The van der Waals surface area contributed by atoms with E-state index in [1.807, 2.05) is 18.7 Å². The maximum atomic E-state index is 12.0. The van der Waals surface area contributed by atoms with E-state index in [0.29, 0.717) is 5.69 Å². The Labute approximate surface area is 122 Å². The number of carbonyl (C=O) groups excluding carboxylic acids is 1. The third kappa shape index (κ3) is 3.12. The van der Waals surface area contributed by atoms with E-state index in [-0.39, 0.29) is 29.1 Å². The minimum Gasteiger partial charge on any atom is -0.373 e. The van der Waals surface area contributed by atoms with Crippen LogP contribution in [0.1, 0.15) is 32.7 Å². The molecule has 7 heteroatoms. The van der Waals surface area contributed by atoms with Crippen molar-refractivity contribution in [1.29, 1.82) is 0 Å². The first kappa shape index (κ1) is 14.8. The molecule has 0 unspecified atom stereocenters. The first-order valence-electron chi connectivity index (χ1n) is 6.79. The molecule has 1 aromatic heterocycles. The molecule has 1 saturated heterocycles. The van der Waals surface area contributed by atoms with Crippen LogP contribution in [-0.4, -0.2) is 40.2 Å². The molecule has 0 spiro atoms. The number of nitrogens with zero attached hydrogens (tertiary/aromatic N) is 3. The maximum Gasteiger partial charge on any atom is 0.287 e. The van der Waals surface area contributed by atoms with Crippen molar-refractivity contribution in [3.8, 4) is 0 Å². The molecule has 0 atom stereocenters. The number of amides is 1. The lowest BCUT2D eigenvalue weighted by Crippen LogP contribution is -2.33. The van der Waals surface area contributed by atoms with E-state index in [0.717, 1.165) is 25.9 Å². The molecule has 2 heterocycles. The zero-order valence-corrected chi connectivity index (χ0v) is 12.5. The minimum absolute atomic E-state index is 0.0200. The van der Waals surface area contributed by atoms with Crippen LogP contribution in [0, 0.1) is 0 Å². The second-order valence-corrected chi connectivity index (χ2v) is 5.54. The molecule has 0 radical (unpaired) electrons. The molecule has 6 nitrogen and oxygen atoms in total. The molecular formula is C13H19ClN4O2. The van der Waals surface area contributed by atoms with Gasteiger partial charge in [0.25, 0.3) is 5.56 Å². The summed E-state index contributed by atoms with van der Waals surface area (Å²) in [6.07, 6.45) is 3.60. The van der Waals surface area contributed by atoms with Crippen LogP contribution in [0.25, 0.3) is 0 Å². The highest BCUT2D eigenvalue weighted by Gasteiger charge is 2.18. The number of rotatable bonds is 4. The van der Waals surface area contributed by atoms with E-state index in [4.69, 9.17) is 11.6 Å². The third-order valence-electron chi connectivity index (χ3n) is 3.32. The summed E-state index contributed by atoms with van der Waals surface area (Å²) in [6, 6.07) is -0.0553. The van der Waals surface area contributed by atoms with Crippen molar-refractivity contribution in [2.24, 2.45) is 0 Å². The van der Waals surface area contributed by atoms with Gasteiger partial charge in [-0.3, -0.25) is 9.59 Å². The topological polar surface area (TPSA) is 67.2 Å². The van der Waals surface area contributed by atoms with Crippen LogP contribution in [0.3, 0.4) is 0 Å². The molecule has 1 amide bonds. The summed E-state index contributed by atoms with van der Waals surface area (Å²) in [6.45, 7) is 5.46. The van der Waals surface area contributed by atoms with Gasteiger partial charge >= 0.3 is 0 Å². The Morgan fingerprint density at radius 2 is 2.10 bits per heavy atom. The van der Waals surface area contributed by atoms with Gasteiger partial charge in [0.1, 0.15) is 5.02 Å². The first-order valence-corrected chi connectivity index (χ1v) is 7.17. The number of nitrogens with one attached hydrogen (secondary N) is 1. The monoisotopic (exact) mass is 298 g/mol. The zero-order valence-electron chi connectivity index (χ0n) is 11.7. The summed E-state index contributed by atoms with van der Waals surface area (Å²) in [5.41, 5.74) is 0.0569. The summed E-state index contributed by atoms with van der Waals surface area (Å²) in [5.74, 6) is 0.0200. The Kier molecular flexibility index (Phi) is 4.65. The van der Waals surface area contributed by atoms with Crippen molar-refractivity contribution in [2.75, 3.05) is 25.0 Å². The average molecular weight is 299 g/mol. The molecule has 0 bridgehead atoms. The number of hydrogen-bond acceptors (Lipinski definition) is 4. The van der Waals surface area contributed by atoms with Gasteiger partial charge in [-0.1, -0.05) is 11.6 Å². The number of likely N-dealkylation sites (tertiary alicyclic amines) is 1. The van der Waals surface area contributed by atoms with E-state index in [1.54, 1.807) is 0 Å². The van der Waals surface area contributed by atoms with Crippen LogP contribution < -0.4 is 10.9 Å². The SMILES string of the molecule is CC(C)n1ncc(NCC(=O)N2CCCC2)c(Cl)c1=O. The molecule has 1 aliphatic rings. The average Bonchev–Trinajstić information content (AvgIpc) is 2.93. The van der Waals surface area contributed by atoms with Gasteiger partial charge in [-0.15, -0.1) is 0 Å². The van der Waals surface area contributed by atoms with E-state index in [9.17, 15) is 9.59 Å². The highest BCUT2D eigenvalue weighted by molar-refractivity contribution is 6.33. The molecule has 2 rings (SSSR count). The van der Waals surface area contributed by atoms with E-state index >= 15 is 0 Å². The van der Waals surface area contributed by atoms with E-state index in [2.05, 4.69) is 10.4 Å². The Hall–Kier alpha value is -1.56. The lowest BCUT2D eigenvalue weighted by molar-refractivity contribution is -0.128. The Balaban J connectivity index is 2.05. The summed E-state index contributed by atoms with van der Waals surface area (Å²) in [7, 11) is 0. The molecule has 0 aliphatic carbocycles. The predicted molar refractivity (Wildman–Crippen MR) is 78.2 cm³/mol. The molecule has 20 heavy (non-hydrogen) atoms. The Morgan fingerprint density at radius 1 is 1.45 bits per heavy atom. The second kappa shape index (κ2) is 6.26. The summed E-state index contributed by atoms with van der Waals surface area (Å²) >= 11 is 6.02. The number of aromatic nitrogens is 2. The standard InChI is InChI=1S/C13H19ClN4O2/c1-9(2)18-13(20)12(14)10(7-16-18)15-8-11(19)17-5-3-4-6-17/h7,9,15H,3-6,8H2,1-2H3. The van der Waals surface area contributed by atoms with E-state index in [1.165, 1.54) is 10.9 Å². The van der Waals surface area contributed by atoms with Gasteiger partial charge in [0.15, 0.2) is 0 Å². The lowest BCUT2D eigenvalue weighted by Gasteiger charge is -2.16. The second-order valence-electron chi connectivity index (χ2n) is 5.16. The number of halogens is 1. The van der Waals surface area contributed by atoms with Gasteiger partial charge in [0.05, 0.1) is 24.5 Å². The van der Waals surface area contributed by atoms with Gasteiger partial charge < -0.3 is 10.2 Å². The zero-order chi connectivity index (χ0) is 14.7. The molecule has 110 valence electrons. The fraction of sp³-hybridized carbons (Fsp3) is 0.615. The van der Waals surface area contributed by atoms with Crippen LogP contribution in [0.5, 0.6) is 0 Å². The van der Waals surface area contributed by atoms with Crippen molar-refractivity contribution in [1.82, 2.24) is 14.7 Å². The minimum atomic E-state index is -0.347. The number of anilines is 1. The highest BCUT2D eigenvalue weighted by Crippen LogP contribution is 2.16. The fourth-order valence-electron chi connectivity index (χ4n) is 2.19. The summed E-state index contributed by atoms with van der Waals surface area (Å²) in [5, 5.41) is 7.02. The van der Waals surface area contributed by atoms with Gasteiger partial charge in [-0.2, -0.15) is 5.10 Å². The van der Waals surface area contributed by atoms with Gasteiger partial charge in [0, 0.05) is 13.1 Å². The smallest absolute Gasteiger partial charge is 0.287 e. The molecule has 0 saturated carbocycles. The maximum absolute atomic E-state index is 12.0. The Bertz CT molecular complexity index is 550. The fourth-order valence-corrected chi connectivity index (χ4v) is 2.39. The van der Waals surface area contributed by atoms with Gasteiger partial charge in [-0.05, 0) is 26.7 Å².